The van der Waals surface area contributed by atoms with Crippen LogP contribution in [-0.4, -0.2) is 36.6 Å². The number of carbonyl (C=O) groups excluding carboxylic acids is 2. The van der Waals surface area contributed by atoms with Crippen molar-refractivity contribution in [2.45, 2.75) is 26.9 Å². The van der Waals surface area contributed by atoms with E-state index in [0.29, 0.717) is 24.0 Å². The van der Waals surface area contributed by atoms with Crippen molar-refractivity contribution >= 4 is 23.3 Å². The average molecular weight is 416 g/mol. The highest BCUT2D eigenvalue weighted by Crippen LogP contribution is 2.29. The zero-order valence-corrected chi connectivity index (χ0v) is 17.2. The molecule has 0 aromatic heterocycles. The van der Waals surface area contributed by atoms with Crippen LogP contribution in [-0.2, 0) is 9.53 Å². The van der Waals surface area contributed by atoms with Crippen LogP contribution in [0.4, 0.5) is 11.4 Å². The first-order valence-corrected chi connectivity index (χ1v) is 9.29. The van der Waals surface area contributed by atoms with Gasteiger partial charge in [-0.2, -0.15) is 0 Å². The lowest BCUT2D eigenvalue weighted by Gasteiger charge is -2.15. The van der Waals surface area contributed by atoms with E-state index in [1.54, 1.807) is 12.1 Å². The Hall–Kier alpha value is -3.62. The van der Waals surface area contributed by atoms with Gasteiger partial charge in [-0.15, -0.1) is 0 Å². The minimum atomic E-state index is -1.18. The lowest BCUT2D eigenvalue weighted by Crippen LogP contribution is -2.30. The molecule has 1 N–H and O–H groups in total. The minimum Gasteiger partial charge on any atom is -0.493 e. The number of rotatable bonds is 9. The highest BCUT2D eigenvalue weighted by atomic mass is 16.6. The van der Waals surface area contributed by atoms with Crippen molar-refractivity contribution in [1.82, 2.24) is 0 Å². The van der Waals surface area contributed by atoms with Gasteiger partial charge in [-0.05, 0) is 37.1 Å². The number of ether oxygens (including phenoxy) is 3. The van der Waals surface area contributed by atoms with Crippen LogP contribution in [0.25, 0.3) is 0 Å². The maximum atomic E-state index is 12.4. The van der Waals surface area contributed by atoms with E-state index in [1.165, 1.54) is 44.4 Å². The molecule has 2 aromatic carbocycles. The van der Waals surface area contributed by atoms with Gasteiger partial charge in [0.1, 0.15) is 5.69 Å². The summed E-state index contributed by atoms with van der Waals surface area (Å²) in [5.74, 6) is -0.262. The molecule has 0 saturated carbocycles. The van der Waals surface area contributed by atoms with Gasteiger partial charge < -0.3 is 19.5 Å². The molecule has 1 amide bonds. The Morgan fingerprint density at radius 3 is 2.43 bits per heavy atom. The minimum absolute atomic E-state index is 0.0173. The Kier molecular flexibility index (Phi) is 7.74. The molecule has 0 aliphatic rings. The van der Waals surface area contributed by atoms with E-state index in [2.05, 4.69) is 5.32 Å². The highest BCUT2D eigenvalue weighted by molar-refractivity contribution is 5.98. The van der Waals surface area contributed by atoms with E-state index < -0.39 is 22.9 Å². The van der Waals surface area contributed by atoms with Crippen LogP contribution in [0.3, 0.4) is 0 Å². The Bertz CT molecular complexity index is 927. The van der Waals surface area contributed by atoms with Crippen LogP contribution >= 0.6 is 0 Å². The molecule has 160 valence electrons. The van der Waals surface area contributed by atoms with Crippen molar-refractivity contribution in [2.24, 2.45) is 5.92 Å². The lowest BCUT2D eigenvalue weighted by atomic mass is 10.2. The molecule has 9 nitrogen and oxygen atoms in total. The molecule has 0 saturated heterocycles. The van der Waals surface area contributed by atoms with Crippen LogP contribution in [0, 0.1) is 16.0 Å². The van der Waals surface area contributed by atoms with Gasteiger partial charge in [-0.1, -0.05) is 26.0 Å². The maximum Gasteiger partial charge on any atom is 0.339 e. The number of nitrogens with zero attached hydrogens (tertiary/aromatic N) is 1. The molecule has 0 unspecified atom stereocenters. The molecule has 0 aliphatic carbocycles. The van der Waals surface area contributed by atoms with Crippen LogP contribution in [0.5, 0.6) is 11.5 Å². The summed E-state index contributed by atoms with van der Waals surface area (Å²) in [6.45, 7) is 5.88. The van der Waals surface area contributed by atoms with Crippen LogP contribution in [0.2, 0.25) is 0 Å². The first-order valence-electron chi connectivity index (χ1n) is 9.29. The second kappa shape index (κ2) is 10.2. The first kappa shape index (κ1) is 22.7. The third kappa shape index (κ3) is 5.94. The zero-order chi connectivity index (χ0) is 22.3. The number of nitrogens with one attached hydrogen (secondary N) is 1. The molecule has 0 radical (unpaired) electrons. The highest BCUT2D eigenvalue weighted by Gasteiger charge is 2.23. The number of amides is 1. The number of hydrogen-bond donors (Lipinski definition) is 1. The fraction of sp³-hybridized carbons (Fsp3) is 0.333. The number of esters is 1. The molecule has 2 aromatic rings. The Morgan fingerprint density at radius 2 is 1.80 bits per heavy atom. The fourth-order valence-electron chi connectivity index (χ4n) is 2.43. The van der Waals surface area contributed by atoms with Crippen molar-refractivity contribution in [3.05, 3.63) is 58.1 Å². The van der Waals surface area contributed by atoms with Crippen molar-refractivity contribution in [3.63, 3.8) is 0 Å². The van der Waals surface area contributed by atoms with Gasteiger partial charge in [0.25, 0.3) is 11.6 Å². The SMILES string of the molecule is COc1cc(C(=O)O[C@H](C)C(=O)Nc2ccccc2[N+](=O)[O-])ccc1OCC(C)C. The Morgan fingerprint density at radius 1 is 1.10 bits per heavy atom. The first-order chi connectivity index (χ1) is 14.2. The van der Waals surface area contributed by atoms with E-state index in [0.717, 1.165) is 0 Å². The predicted octanol–water partition coefficient (Wildman–Crippen LogP) is 3.82. The summed E-state index contributed by atoms with van der Waals surface area (Å²) >= 11 is 0. The molecule has 0 spiro atoms. The van der Waals surface area contributed by atoms with Crippen molar-refractivity contribution < 1.29 is 28.7 Å². The van der Waals surface area contributed by atoms with Gasteiger partial charge in [0, 0.05) is 6.07 Å². The summed E-state index contributed by atoms with van der Waals surface area (Å²) in [5, 5.41) is 13.5. The summed E-state index contributed by atoms with van der Waals surface area (Å²) in [4.78, 5) is 35.2. The van der Waals surface area contributed by atoms with E-state index in [-0.39, 0.29) is 16.9 Å². The van der Waals surface area contributed by atoms with Gasteiger partial charge in [0.05, 0.1) is 24.2 Å². The average Bonchev–Trinajstić information content (AvgIpc) is 2.72. The molecular weight excluding hydrogens is 392 g/mol. The molecule has 1 atom stereocenters. The van der Waals surface area contributed by atoms with E-state index in [4.69, 9.17) is 14.2 Å². The third-order valence-electron chi connectivity index (χ3n) is 3.98. The van der Waals surface area contributed by atoms with Crippen LogP contribution in [0.1, 0.15) is 31.1 Å². The Balaban J connectivity index is 2.06. The maximum absolute atomic E-state index is 12.4. The van der Waals surface area contributed by atoms with Crippen LogP contribution < -0.4 is 14.8 Å². The summed E-state index contributed by atoms with van der Waals surface area (Å²) in [5.41, 5.74) is -0.0658. The molecule has 0 bridgehead atoms. The quantitative estimate of drug-likeness (QED) is 0.375. The van der Waals surface area contributed by atoms with Crippen molar-refractivity contribution in [2.75, 3.05) is 19.0 Å². The summed E-state index contributed by atoms with van der Waals surface area (Å²) in [6, 6.07) is 10.3. The second-order valence-electron chi connectivity index (χ2n) is 6.88. The molecule has 0 aliphatic heterocycles. The van der Waals surface area contributed by atoms with Gasteiger partial charge in [-0.25, -0.2) is 4.79 Å². The normalized spacial score (nSPS) is 11.5. The summed E-state index contributed by atoms with van der Waals surface area (Å²) in [7, 11) is 1.45. The number of para-hydroxylation sites is 2. The van der Waals surface area contributed by atoms with E-state index >= 15 is 0 Å². The zero-order valence-electron chi connectivity index (χ0n) is 17.2. The molecule has 0 heterocycles. The molecule has 30 heavy (non-hydrogen) atoms. The monoisotopic (exact) mass is 416 g/mol. The van der Waals surface area contributed by atoms with Crippen molar-refractivity contribution in [1.29, 1.82) is 0 Å². The molecular formula is C21H24N2O7. The lowest BCUT2D eigenvalue weighted by molar-refractivity contribution is -0.383. The second-order valence-corrected chi connectivity index (χ2v) is 6.88. The van der Waals surface area contributed by atoms with Gasteiger partial charge in [0.15, 0.2) is 17.6 Å². The van der Waals surface area contributed by atoms with Crippen LogP contribution in [0.15, 0.2) is 42.5 Å². The van der Waals surface area contributed by atoms with Gasteiger partial charge in [-0.3, -0.25) is 14.9 Å². The predicted molar refractivity (Wildman–Crippen MR) is 110 cm³/mol. The third-order valence-corrected chi connectivity index (χ3v) is 3.98. The van der Waals surface area contributed by atoms with Crippen molar-refractivity contribution in [3.8, 4) is 11.5 Å². The largest absolute Gasteiger partial charge is 0.493 e. The number of anilines is 1. The number of nitro benzene ring substituents is 1. The van der Waals surface area contributed by atoms with E-state index in [9.17, 15) is 19.7 Å². The fourth-order valence-corrected chi connectivity index (χ4v) is 2.43. The topological polar surface area (TPSA) is 117 Å². The molecule has 9 heteroatoms. The number of nitro groups is 1. The standard InChI is InChI=1S/C21H24N2O7/c1-13(2)12-29-18-10-9-15(11-19(18)28-4)21(25)30-14(3)20(24)22-16-7-5-6-8-17(16)23(26)27/h5-11,13-14H,12H2,1-4H3,(H,22,24)/t14-/m1/s1. The molecule has 0 fully saturated rings. The number of methoxy groups -OCH3 is 1. The number of hydrogen-bond acceptors (Lipinski definition) is 7. The van der Waals surface area contributed by atoms with Gasteiger partial charge in [0.2, 0.25) is 0 Å². The molecule has 2 rings (SSSR count). The summed E-state index contributed by atoms with van der Waals surface area (Å²) < 4.78 is 16.1. The Labute approximate surface area is 174 Å². The smallest absolute Gasteiger partial charge is 0.339 e. The van der Waals surface area contributed by atoms with Gasteiger partial charge >= 0.3 is 5.97 Å². The number of carbonyl (C=O) groups is 2. The number of benzene rings is 2. The van der Waals surface area contributed by atoms with E-state index in [1.807, 2.05) is 13.8 Å². The summed E-state index contributed by atoms with van der Waals surface area (Å²) in [6.07, 6.45) is -1.18.